The van der Waals surface area contributed by atoms with Crippen LogP contribution in [0.3, 0.4) is 0 Å². The Hall–Kier alpha value is -1.07. The van der Waals surface area contributed by atoms with Gasteiger partial charge in [0.1, 0.15) is 24.4 Å². The average Bonchev–Trinajstić information content (AvgIpc) is 3.49. The SMILES string of the molecule is CCCCCCCCCCCCCCCCCCCCCC/C=C/C(O)C(COC1OC(CO)C(O)C(O)C1O)NC(=O)CCCCCCCCCCCCCCCCCCCCCCCCCCCCCCCCCCCCCC. The smallest absolute Gasteiger partial charge is 0.220 e. The van der Waals surface area contributed by atoms with E-state index in [1.165, 1.54) is 327 Å². The van der Waals surface area contributed by atoms with Gasteiger partial charge in [-0.25, -0.2) is 0 Å². The molecule has 0 saturated carbocycles. The number of amides is 1. The molecule has 7 atom stereocenters. The molecule has 0 aromatic carbocycles. The van der Waals surface area contributed by atoms with Crippen molar-refractivity contribution in [3.8, 4) is 0 Å². The van der Waals surface area contributed by atoms with E-state index in [4.69, 9.17) is 9.47 Å². The molecule has 1 fully saturated rings. The largest absolute Gasteiger partial charge is 0.394 e. The summed E-state index contributed by atoms with van der Waals surface area (Å²) in [4.78, 5) is 13.1. The minimum Gasteiger partial charge on any atom is -0.394 e. The van der Waals surface area contributed by atoms with Crippen LogP contribution >= 0.6 is 0 Å². The molecular weight excluding hydrogens is 1010 g/mol. The number of aliphatic hydroxyl groups is 5. The van der Waals surface area contributed by atoms with Crippen molar-refractivity contribution < 1.29 is 39.8 Å². The fraction of sp³-hybridized carbons (Fsp3) is 0.958. The molecular formula is C72H141NO8. The number of nitrogens with one attached hydrogen (secondary N) is 1. The van der Waals surface area contributed by atoms with Crippen molar-refractivity contribution in [2.24, 2.45) is 0 Å². The van der Waals surface area contributed by atoms with E-state index in [0.717, 1.165) is 38.5 Å². The molecule has 0 spiro atoms. The highest BCUT2D eigenvalue weighted by Crippen LogP contribution is 2.24. The van der Waals surface area contributed by atoms with Crippen LogP contribution in [0.4, 0.5) is 0 Å². The Kier molecular flexibility index (Phi) is 59.7. The molecule has 0 aromatic rings. The minimum atomic E-state index is -1.56. The van der Waals surface area contributed by atoms with Crippen LogP contribution in [0.1, 0.15) is 386 Å². The van der Waals surface area contributed by atoms with Gasteiger partial charge in [0.2, 0.25) is 5.91 Å². The van der Waals surface area contributed by atoms with Crippen molar-refractivity contribution in [2.45, 2.75) is 429 Å². The lowest BCUT2D eigenvalue weighted by Gasteiger charge is -2.40. The van der Waals surface area contributed by atoms with Crippen molar-refractivity contribution in [3.05, 3.63) is 12.2 Å². The highest BCUT2D eigenvalue weighted by Gasteiger charge is 2.44. The molecule has 81 heavy (non-hydrogen) atoms. The first kappa shape index (κ1) is 77.9. The number of hydrogen-bond acceptors (Lipinski definition) is 8. The lowest BCUT2D eigenvalue weighted by atomic mass is 9.99. The maximum absolute atomic E-state index is 13.1. The maximum atomic E-state index is 13.1. The maximum Gasteiger partial charge on any atom is 0.220 e. The van der Waals surface area contributed by atoms with Crippen LogP contribution in [-0.4, -0.2) is 87.5 Å². The van der Waals surface area contributed by atoms with Gasteiger partial charge in [-0.1, -0.05) is 373 Å². The van der Waals surface area contributed by atoms with E-state index in [-0.39, 0.29) is 12.5 Å². The van der Waals surface area contributed by atoms with Gasteiger partial charge >= 0.3 is 0 Å². The Morgan fingerprint density at radius 3 is 0.963 bits per heavy atom. The molecule has 6 N–H and O–H groups in total. The second-order valence-corrected chi connectivity index (χ2v) is 25.8. The number of rotatable bonds is 65. The standard InChI is InChI=1S/C72H141NO8/c1-3-5-7-9-11-13-15-17-19-21-23-25-27-28-29-30-31-32-33-34-35-36-37-38-39-40-42-44-46-48-50-52-54-56-58-60-62-68(76)73-65(64-80-72-71(79)70(78)69(77)67(63-74)81-72)66(75)61-59-57-55-53-51-49-47-45-43-41-26-24-22-20-18-16-14-12-10-8-6-4-2/h59,61,65-67,69-72,74-75,77-79H,3-58,60,62-64H2,1-2H3,(H,73,76)/b61-59+. The van der Waals surface area contributed by atoms with Crippen molar-refractivity contribution in [3.63, 3.8) is 0 Å². The normalized spacial score (nSPS) is 18.3. The van der Waals surface area contributed by atoms with E-state index in [1.807, 2.05) is 6.08 Å². The van der Waals surface area contributed by atoms with Crippen LogP contribution in [0.25, 0.3) is 0 Å². The van der Waals surface area contributed by atoms with Gasteiger partial charge in [0.15, 0.2) is 6.29 Å². The molecule has 0 aromatic heterocycles. The first-order chi connectivity index (χ1) is 39.8. The van der Waals surface area contributed by atoms with Gasteiger partial charge in [0, 0.05) is 6.42 Å². The zero-order chi connectivity index (χ0) is 58.6. The molecule has 0 radical (unpaired) electrons. The van der Waals surface area contributed by atoms with E-state index >= 15 is 0 Å². The second-order valence-electron chi connectivity index (χ2n) is 25.8. The Labute approximate surface area is 503 Å². The zero-order valence-electron chi connectivity index (χ0n) is 54.1. The Morgan fingerprint density at radius 2 is 0.679 bits per heavy atom. The Balaban J connectivity index is 2.06. The van der Waals surface area contributed by atoms with E-state index < -0.39 is 49.5 Å². The monoisotopic (exact) mass is 1150 g/mol. The molecule has 9 nitrogen and oxygen atoms in total. The number of hydrogen-bond donors (Lipinski definition) is 6. The number of unbranched alkanes of at least 4 members (excludes halogenated alkanes) is 55. The van der Waals surface area contributed by atoms with Gasteiger partial charge < -0.3 is 40.3 Å². The third-order valence-electron chi connectivity index (χ3n) is 17.9. The predicted octanol–water partition coefficient (Wildman–Crippen LogP) is 19.9. The van der Waals surface area contributed by atoms with Gasteiger partial charge in [-0.2, -0.15) is 0 Å². The summed E-state index contributed by atoms with van der Waals surface area (Å²) < 4.78 is 11.3. The third kappa shape index (κ3) is 50.8. The van der Waals surface area contributed by atoms with Crippen LogP contribution < -0.4 is 5.32 Å². The molecule has 1 amide bonds. The highest BCUT2D eigenvalue weighted by atomic mass is 16.7. The summed E-state index contributed by atoms with van der Waals surface area (Å²) >= 11 is 0. The summed E-state index contributed by atoms with van der Waals surface area (Å²) in [6, 6.07) is -0.802. The molecule has 482 valence electrons. The van der Waals surface area contributed by atoms with Crippen LogP contribution in [0.2, 0.25) is 0 Å². The predicted molar refractivity (Wildman–Crippen MR) is 346 cm³/mol. The van der Waals surface area contributed by atoms with Crippen LogP contribution in [0.5, 0.6) is 0 Å². The van der Waals surface area contributed by atoms with Crippen molar-refractivity contribution in [2.75, 3.05) is 13.2 Å². The molecule has 7 unspecified atom stereocenters. The first-order valence-corrected chi connectivity index (χ1v) is 36.4. The van der Waals surface area contributed by atoms with Crippen LogP contribution in [0, 0.1) is 0 Å². The minimum absolute atomic E-state index is 0.167. The summed E-state index contributed by atoms with van der Waals surface area (Å²) in [5.74, 6) is -0.167. The van der Waals surface area contributed by atoms with Crippen molar-refractivity contribution >= 4 is 5.91 Å². The quantitative estimate of drug-likeness (QED) is 0.0261. The van der Waals surface area contributed by atoms with E-state index in [1.54, 1.807) is 6.08 Å². The third-order valence-corrected chi connectivity index (χ3v) is 17.9. The molecule has 0 bridgehead atoms. The second kappa shape index (κ2) is 62.0. The number of aliphatic hydroxyl groups excluding tert-OH is 5. The lowest BCUT2D eigenvalue weighted by molar-refractivity contribution is -0.302. The average molecular weight is 1150 g/mol. The van der Waals surface area contributed by atoms with Gasteiger partial charge in [-0.05, 0) is 19.3 Å². The van der Waals surface area contributed by atoms with E-state index in [2.05, 4.69) is 19.2 Å². The van der Waals surface area contributed by atoms with Gasteiger partial charge in [-0.3, -0.25) is 4.79 Å². The first-order valence-electron chi connectivity index (χ1n) is 36.4. The fourth-order valence-corrected chi connectivity index (χ4v) is 12.2. The molecule has 1 aliphatic heterocycles. The van der Waals surface area contributed by atoms with E-state index in [0.29, 0.717) is 6.42 Å². The van der Waals surface area contributed by atoms with E-state index in [9.17, 15) is 30.3 Å². The van der Waals surface area contributed by atoms with Crippen molar-refractivity contribution in [1.29, 1.82) is 0 Å². The van der Waals surface area contributed by atoms with Crippen molar-refractivity contribution in [1.82, 2.24) is 5.32 Å². The summed E-state index contributed by atoms with van der Waals surface area (Å²) in [6.07, 6.45) is 73.4. The molecule has 1 aliphatic rings. The molecule has 9 heteroatoms. The number of allylic oxidation sites excluding steroid dienone is 1. The molecule has 1 rings (SSSR count). The number of carbonyl (C=O) groups is 1. The zero-order valence-corrected chi connectivity index (χ0v) is 54.1. The highest BCUT2D eigenvalue weighted by molar-refractivity contribution is 5.76. The Bertz CT molecular complexity index is 1280. The molecule has 1 heterocycles. The summed E-state index contributed by atoms with van der Waals surface area (Å²) in [5.41, 5.74) is 0. The summed E-state index contributed by atoms with van der Waals surface area (Å²) in [5, 5.41) is 54.8. The fourth-order valence-electron chi connectivity index (χ4n) is 12.2. The molecule has 0 aliphatic carbocycles. The van der Waals surface area contributed by atoms with Crippen LogP contribution in [-0.2, 0) is 14.3 Å². The van der Waals surface area contributed by atoms with Gasteiger partial charge in [-0.15, -0.1) is 0 Å². The topological polar surface area (TPSA) is 149 Å². The summed E-state index contributed by atoms with van der Waals surface area (Å²) in [7, 11) is 0. The lowest BCUT2D eigenvalue weighted by Crippen LogP contribution is -2.60. The van der Waals surface area contributed by atoms with Gasteiger partial charge in [0.25, 0.3) is 0 Å². The molecule has 1 saturated heterocycles. The number of ether oxygens (including phenoxy) is 2. The van der Waals surface area contributed by atoms with Crippen LogP contribution in [0.15, 0.2) is 12.2 Å². The summed E-state index contributed by atoms with van der Waals surface area (Å²) in [6.45, 7) is 3.85. The Morgan fingerprint density at radius 1 is 0.407 bits per heavy atom. The van der Waals surface area contributed by atoms with Gasteiger partial charge in [0.05, 0.1) is 25.4 Å². The number of carbonyl (C=O) groups excluding carboxylic acids is 1.